The fourth-order valence-corrected chi connectivity index (χ4v) is 3.62. The summed E-state index contributed by atoms with van der Waals surface area (Å²) in [5, 5.41) is 3.27. The van der Waals surface area contributed by atoms with Crippen molar-refractivity contribution in [1.82, 2.24) is 19.9 Å². The zero-order valence-electron chi connectivity index (χ0n) is 17.4. The maximum absolute atomic E-state index is 12.8. The maximum atomic E-state index is 12.8. The number of carbonyl (C=O) groups excluding carboxylic acids is 1. The molecular weight excluding hydrogens is 378 g/mol. The Morgan fingerprint density at radius 1 is 1.00 bits per heavy atom. The third-order valence-corrected chi connectivity index (χ3v) is 4.92. The average molecular weight is 403 g/mol. The standard InChI is InChI=1S/C23H25N5O2/c1-15-11-16(2)26-23(25-15)27-19-12-17(3)24-20(13-19)21-14-28(9-10-30-21)22(29)18-7-5-4-6-8-18/h4-8,11-13,21H,9-10,14H2,1-3H3,(H,24,25,26,27)/t21-/m0/s1. The summed E-state index contributed by atoms with van der Waals surface area (Å²) in [5.41, 5.74) is 4.98. The molecule has 0 spiro atoms. The second-order valence-electron chi connectivity index (χ2n) is 7.50. The van der Waals surface area contributed by atoms with Crippen molar-refractivity contribution in [2.75, 3.05) is 25.0 Å². The minimum atomic E-state index is -0.285. The molecule has 3 heterocycles. The molecule has 1 aliphatic rings. The Bertz CT molecular complexity index is 1030. The lowest BCUT2D eigenvalue weighted by molar-refractivity contribution is -0.0247. The fraction of sp³-hybridized carbons (Fsp3) is 0.304. The molecule has 0 saturated carbocycles. The highest BCUT2D eigenvalue weighted by Gasteiger charge is 2.27. The highest BCUT2D eigenvalue weighted by atomic mass is 16.5. The van der Waals surface area contributed by atoms with Gasteiger partial charge in [-0.2, -0.15) is 0 Å². The van der Waals surface area contributed by atoms with Crippen molar-refractivity contribution >= 4 is 17.5 Å². The minimum absolute atomic E-state index is 0.0125. The normalized spacial score (nSPS) is 16.4. The molecule has 1 saturated heterocycles. The van der Waals surface area contributed by atoms with Crippen molar-refractivity contribution in [3.8, 4) is 0 Å². The van der Waals surface area contributed by atoms with E-state index in [0.29, 0.717) is 31.2 Å². The van der Waals surface area contributed by atoms with Crippen LogP contribution < -0.4 is 5.32 Å². The van der Waals surface area contributed by atoms with Crippen LogP contribution in [0.15, 0.2) is 48.5 Å². The Labute approximate surface area is 176 Å². The molecule has 7 nitrogen and oxygen atoms in total. The highest BCUT2D eigenvalue weighted by Crippen LogP contribution is 2.26. The second kappa shape index (κ2) is 8.59. The van der Waals surface area contributed by atoms with E-state index in [1.165, 1.54) is 0 Å². The summed E-state index contributed by atoms with van der Waals surface area (Å²) in [7, 11) is 0. The first kappa shape index (κ1) is 20.0. The van der Waals surface area contributed by atoms with Gasteiger partial charge in [0.2, 0.25) is 5.95 Å². The number of amides is 1. The summed E-state index contributed by atoms with van der Waals surface area (Å²) in [4.78, 5) is 28.2. The lowest BCUT2D eigenvalue weighted by Gasteiger charge is -2.33. The summed E-state index contributed by atoms with van der Waals surface area (Å²) in [5.74, 6) is 0.563. The zero-order valence-corrected chi connectivity index (χ0v) is 17.4. The predicted octanol–water partition coefficient (Wildman–Crippen LogP) is 3.75. The zero-order chi connectivity index (χ0) is 21.1. The molecule has 3 aromatic rings. The van der Waals surface area contributed by atoms with Gasteiger partial charge in [0, 0.05) is 34.9 Å². The molecule has 1 N–H and O–H groups in total. The summed E-state index contributed by atoms with van der Waals surface area (Å²) in [6.07, 6.45) is -0.285. The third-order valence-electron chi connectivity index (χ3n) is 4.92. The number of benzene rings is 1. The van der Waals surface area contributed by atoms with Crippen molar-refractivity contribution in [2.45, 2.75) is 26.9 Å². The number of hydrogen-bond donors (Lipinski definition) is 1. The van der Waals surface area contributed by atoms with Gasteiger partial charge >= 0.3 is 0 Å². The molecule has 0 bridgehead atoms. The Balaban J connectivity index is 1.54. The SMILES string of the molecule is Cc1cc(Nc2nc(C)cc(C)n2)cc([C@@H]2CN(C(=O)c3ccccc3)CCO2)n1. The van der Waals surface area contributed by atoms with E-state index in [0.717, 1.165) is 28.5 Å². The molecule has 7 heteroatoms. The van der Waals surface area contributed by atoms with Gasteiger partial charge in [-0.1, -0.05) is 18.2 Å². The van der Waals surface area contributed by atoms with Crippen LogP contribution in [-0.2, 0) is 4.74 Å². The molecule has 1 fully saturated rings. The maximum Gasteiger partial charge on any atom is 0.254 e. The molecule has 1 amide bonds. The van der Waals surface area contributed by atoms with Crippen molar-refractivity contribution in [3.63, 3.8) is 0 Å². The van der Waals surface area contributed by atoms with Crippen LogP contribution in [0.4, 0.5) is 11.6 Å². The van der Waals surface area contributed by atoms with Gasteiger partial charge in [0.1, 0.15) is 6.10 Å². The molecule has 0 unspecified atom stereocenters. The first-order valence-electron chi connectivity index (χ1n) is 10.0. The van der Waals surface area contributed by atoms with Crippen LogP contribution in [0.1, 0.15) is 39.2 Å². The molecule has 1 atom stereocenters. The number of hydrogen-bond acceptors (Lipinski definition) is 6. The number of ether oxygens (including phenoxy) is 1. The van der Waals surface area contributed by atoms with E-state index < -0.39 is 0 Å². The van der Waals surface area contributed by atoms with Crippen molar-refractivity contribution in [3.05, 3.63) is 76.9 Å². The number of pyridine rings is 1. The third kappa shape index (κ3) is 4.63. The molecular formula is C23H25N5O2. The van der Waals surface area contributed by atoms with Gasteiger partial charge in [-0.3, -0.25) is 9.78 Å². The Morgan fingerprint density at radius 2 is 1.70 bits per heavy atom. The van der Waals surface area contributed by atoms with E-state index in [1.54, 1.807) is 0 Å². The van der Waals surface area contributed by atoms with Crippen LogP contribution in [0.5, 0.6) is 0 Å². The van der Waals surface area contributed by atoms with Crippen molar-refractivity contribution in [2.24, 2.45) is 0 Å². The van der Waals surface area contributed by atoms with Crippen LogP contribution in [0.3, 0.4) is 0 Å². The number of aryl methyl sites for hydroxylation is 3. The predicted molar refractivity (Wildman–Crippen MR) is 115 cm³/mol. The first-order chi connectivity index (χ1) is 14.5. The van der Waals surface area contributed by atoms with E-state index in [9.17, 15) is 4.79 Å². The summed E-state index contributed by atoms with van der Waals surface area (Å²) in [6, 6.07) is 15.1. The molecule has 2 aromatic heterocycles. The van der Waals surface area contributed by atoms with E-state index in [1.807, 2.05) is 74.2 Å². The van der Waals surface area contributed by atoms with Crippen LogP contribution in [0, 0.1) is 20.8 Å². The van der Waals surface area contributed by atoms with Crippen LogP contribution in [-0.4, -0.2) is 45.5 Å². The van der Waals surface area contributed by atoms with Crippen molar-refractivity contribution < 1.29 is 9.53 Å². The minimum Gasteiger partial charge on any atom is -0.368 e. The number of carbonyl (C=O) groups is 1. The van der Waals surface area contributed by atoms with Crippen molar-refractivity contribution in [1.29, 1.82) is 0 Å². The molecule has 1 aliphatic heterocycles. The number of rotatable bonds is 4. The second-order valence-corrected chi connectivity index (χ2v) is 7.50. The average Bonchev–Trinajstić information content (AvgIpc) is 2.73. The van der Waals surface area contributed by atoms with Gasteiger partial charge in [0.15, 0.2) is 0 Å². The summed E-state index contributed by atoms with van der Waals surface area (Å²) < 4.78 is 5.96. The van der Waals surface area contributed by atoms with E-state index in [4.69, 9.17) is 4.74 Å². The molecule has 0 aliphatic carbocycles. The Morgan fingerprint density at radius 3 is 2.43 bits per heavy atom. The number of aromatic nitrogens is 3. The number of nitrogens with zero attached hydrogens (tertiary/aromatic N) is 4. The largest absolute Gasteiger partial charge is 0.368 e. The van der Waals surface area contributed by atoms with E-state index in [2.05, 4.69) is 20.3 Å². The first-order valence-corrected chi connectivity index (χ1v) is 10.0. The van der Waals surface area contributed by atoms with Gasteiger partial charge in [-0.25, -0.2) is 9.97 Å². The van der Waals surface area contributed by atoms with Crippen LogP contribution in [0.2, 0.25) is 0 Å². The lowest BCUT2D eigenvalue weighted by atomic mass is 10.1. The molecule has 4 rings (SSSR count). The number of nitrogens with one attached hydrogen (secondary N) is 1. The smallest absolute Gasteiger partial charge is 0.254 e. The van der Waals surface area contributed by atoms with E-state index in [-0.39, 0.29) is 12.0 Å². The van der Waals surface area contributed by atoms with Gasteiger partial charge in [-0.05, 0) is 51.1 Å². The fourth-order valence-electron chi connectivity index (χ4n) is 3.62. The summed E-state index contributed by atoms with van der Waals surface area (Å²) >= 11 is 0. The Hall–Kier alpha value is -3.32. The summed E-state index contributed by atoms with van der Waals surface area (Å²) in [6.45, 7) is 7.32. The molecule has 1 aromatic carbocycles. The highest BCUT2D eigenvalue weighted by molar-refractivity contribution is 5.94. The van der Waals surface area contributed by atoms with Crippen LogP contribution >= 0.6 is 0 Å². The lowest BCUT2D eigenvalue weighted by Crippen LogP contribution is -2.42. The van der Waals surface area contributed by atoms with Gasteiger partial charge in [0.25, 0.3) is 5.91 Å². The van der Waals surface area contributed by atoms with Gasteiger partial charge in [0.05, 0.1) is 18.8 Å². The topological polar surface area (TPSA) is 80.2 Å². The monoisotopic (exact) mass is 403 g/mol. The molecule has 154 valence electrons. The molecule has 30 heavy (non-hydrogen) atoms. The Kier molecular flexibility index (Phi) is 5.72. The van der Waals surface area contributed by atoms with Crippen LogP contribution in [0.25, 0.3) is 0 Å². The molecule has 0 radical (unpaired) electrons. The van der Waals surface area contributed by atoms with Gasteiger partial charge < -0.3 is 15.0 Å². The number of morpholine rings is 1. The number of anilines is 2. The van der Waals surface area contributed by atoms with Gasteiger partial charge in [-0.15, -0.1) is 0 Å². The van der Waals surface area contributed by atoms with E-state index >= 15 is 0 Å². The quantitative estimate of drug-likeness (QED) is 0.715.